The molecule has 0 N–H and O–H groups in total. The number of esters is 1. The summed E-state index contributed by atoms with van der Waals surface area (Å²) in [7, 11) is 3.14. The van der Waals surface area contributed by atoms with Gasteiger partial charge in [0, 0.05) is 31.9 Å². The molecule has 32 heavy (non-hydrogen) atoms. The molecule has 172 valence electrons. The van der Waals surface area contributed by atoms with E-state index in [9.17, 15) is 9.59 Å². The van der Waals surface area contributed by atoms with Crippen molar-refractivity contribution in [3.05, 3.63) is 48.0 Å². The van der Waals surface area contributed by atoms with Gasteiger partial charge in [0.1, 0.15) is 5.75 Å². The lowest BCUT2D eigenvalue weighted by molar-refractivity contribution is -0.134. The van der Waals surface area contributed by atoms with Crippen LogP contribution >= 0.6 is 0 Å². The highest BCUT2D eigenvalue weighted by molar-refractivity contribution is 5.92. The Kier molecular flexibility index (Phi) is 7.81. The minimum atomic E-state index is -0.579. The molecular formula is C24H30N2O6. The number of carbonyl (C=O) groups excluding carboxylic acids is 2. The maximum atomic E-state index is 12.5. The first kappa shape index (κ1) is 23.2. The summed E-state index contributed by atoms with van der Waals surface area (Å²) in [5.74, 6) is 1.01. The highest BCUT2D eigenvalue weighted by Gasteiger charge is 2.23. The lowest BCUT2D eigenvalue weighted by Gasteiger charge is -2.36. The Morgan fingerprint density at radius 1 is 0.906 bits per heavy atom. The number of carbonyl (C=O) groups is 2. The van der Waals surface area contributed by atoms with E-state index in [0.29, 0.717) is 43.2 Å². The molecule has 1 aliphatic heterocycles. The summed E-state index contributed by atoms with van der Waals surface area (Å²) in [4.78, 5) is 28.9. The molecule has 0 saturated carbocycles. The summed E-state index contributed by atoms with van der Waals surface area (Å²) in [6, 6.07) is 12.7. The van der Waals surface area contributed by atoms with Gasteiger partial charge in [-0.25, -0.2) is 4.79 Å². The van der Waals surface area contributed by atoms with Crippen molar-refractivity contribution in [3.63, 3.8) is 0 Å². The van der Waals surface area contributed by atoms with E-state index in [2.05, 4.69) is 4.90 Å². The van der Waals surface area contributed by atoms with Gasteiger partial charge in [-0.2, -0.15) is 0 Å². The number of hydrogen-bond acceptors (Lipinski definition) is 7. The van der Waals surface area contributed by atoms with E-state index in [4.69, 9.17) is 18.9 Å². The van der Waals surface area contributed by atoms with Crippen LogP contribution in [0.2, 0.25) is 0 Å². The fourth-order valence-corrected chi connectivity index (χ4v) is 3.45. The molecule has 1 saturated heterocycles. The van der Waals surface area contributed by atoms with Crippen LogP contribution in [0.25, 0.3) is 0 Å². The number of benzene rings is 2. The van der Waals surface area contributed by atoms with Crippen molar-refractivity contribution in [1.29, 1.82) is 0 Å². The summed E-state index contributed by atoms with van der Waals surface area (Å²) in [5.41, 5.74) is 1.39. The van der Waals surface area contributed by atoms with Crippen molar-refractivity contribution in [2.24, 2.45) is 0 Å². The average Bonchev–Trinajstić information content (AvgIpc) is 2.82. The van der Waals surface area contributed by atoms with Crippen molar-refractivity contribution in [3.8, 4) is 17.2 Å². The second-order valence-corrected chi connectivity index (χ2v) is 7.67. The van der Waals surface area contributed by atoms with Gasteiger partial charge in [0.2, 0.25) is 0 Å². The maximum absolute atomic E-state index is 12.5. The van der Waals surface area contributed by atoms with E-state index in [-0.39, 0.29) is 18.6 Å². The van der Waals surface area contributed by atoms with E-state index in [1.165, 1.54) is 7.11 Å². The zero-order valence-corrected chi connectivity index (χ0v) is 19.0. The molecule has 0 radical (unpaired) electrons. The van der Waals surface area contributed by atoms with Crippen molar-refractivity contribution in [1.82, 2.24) is 4.90 Å². The molecule has 2 aromatic carbocycles. The van der Waals surface area contributed by atoms with Gasteiger partial charge in [-0.05, 0) is 56.3 Å². The molecule has 1 amide bonds. The van der Waals surface area contributed by atoms with Gasteiger partial charge in [0.25, 0.3) is 5.91 Å². The standard InChI is InChI=1S/C24H30N2O6/c1-17(2)32-21-10-5-18(15-22(21)30-4)24(28)31-16-23(27)26-13-11-25(12-14-26)19-6-8-20(29-3)9-7-19/h5-10,15,17H,11-14,16H2,1-4H3. The van der Waals surface area contributed by atoms with Gasteiger partial charge in [-0.3, -0.25) is 4.79 Å². The van der Waals surface area contributed by atoms with Crippen LogP contribution in [0.4, 0.5) is 5.69 Å². The Morgan fingerprint density at radius 3 is 2.19 bits per heavy atom. The molecule has 1 heterocycles. The highest BCUT2D eigenvalue weighted by Crippen LogP contribution is 2.29. The molecule has 0 atom stereocenters. The molecule has 2 aromatic rings. The Morgan fingerprint density at radius 2 is 1.59 bits per heavy atom. The molecule has 1 aliphatic rings. The van der Waals surface area contributed by atoms with Crippen LogP contribution in [0.15, 0.2) is 42.5 Å². The first-order valence-corrected chi connectivity index (χ1v) is 10.6. The molecule has 0 aliphatic carbocycles. The number of hydrogen-bond donors (Lipinski definition) is 0. The largest absolute Gasteiger partial charge is 0.497 e. The monoisotopic (exact) mass is 442 g/mol. The fourth-order valence-electron chi connectivity index (χ4n) is 3.45. The quantitative estimate of drug-likeness (QED) is 0.582. The second kappa shape index (κ2) is 10.7. The lowest BCUT2D eigenvalue weighted by Crippen LogP contribution is -2.49. The Hall–Kier alpha value is -3.42. The summed E-state index contributed by atoms with van der Waals surface area (Å²) in [6.45, 7) is 6.07. The zero-order chi connectivity index (χ0) is 23.1. The van der Waals surface area contributed by atoms with E-state index < -0.39 is 5.97 Å². The predicted octanol–water partition coefficient (Wildman–Crippen LogP) is 3.00. The van der Waals surface area contributed by atoms with Crippen LogP contribution in [0.3, 0.4) is 0 Å². The van der Waals surface area contributed by atoms with Crippen molar-refractivity contribution >= 4 is 17.6 Å². The third kappa shape index (κ3) is 5.84. The number of piperazine rings is 1. The number of anilines is 1. The molecule has 1 fully saturated rings. The highest BCUT2D eigenvalue weighted by atomic mass is 16.5. The topological polar surface area (TPSA) is 77.5 Å². The normalized spacial score (nSPS) is 13.7. The molecule has 3 rings (SSSR count). The Labute approximate surface area is 188 Å². The maximum Gasteiger partial charge on any atom is 0.338 e. The summed E-state index contributed by atoms with van der Waals surface area (Å²) >= 11 is 0. The van der Waals surface area contributed by atoms with Crippen molar-refractivity contribution in [2.75, 3.05) is 51.9 Å². The van der Waals surface area contributed by atoms with E-state index in [1.54, 1.807) is 30.2 Å². The predicted molar refractivity (Wildman–Crippen MR) is 121 cm³/mol. The average molecular weight is 443 g/mol. The summed E-state index contributed by atoms with van der Waals surface area (Å²) in [5, 5.41) is 0. The summed E-state index contributed by atoms with van der Waals surface area (Å²) < 4.78 is 21.4. The van der Waals surface area contributed by atoms with Crippen LogP contribution in [0, 0.1) is 0 Å². The van der Waals surface area contributed by atoms with Crippen LogP contribution in [-0.2, 0) is 9.53 Å². The fraction of sp³-hybridized carbons (Fsp3) is 0.417. The molecular weight excluding hydrogens is 412 g/mol. The van der Waals surface area contributed by atoms with Crippen LogP contribution in [0.5, 0.6) is 17.2 Å². The van der Waals surface area contributed by atoms with Gasteiger partial charge in [-0.15, -0.1) is 0 Å². The summed E-state index contributed by atoms with van der Waals surface area (Å²) in [6.07, 6.45) is -0.0236. The molecule has 0 unspecified atom stereocenters. The molecule has 8 heteroatoms. The number of ether oxygens (including phenoxy) is 4. The third-order valence-electron chi connectivity index (χ3n) is 5.16. The Bertz CT molecular complexity index is 921. The first-order chi connectivity index (χ1) is 15.4. The SMILES string of the molecule is COc1ccc(N2CCN(C(=O)COC(=O)c3ccc(OC(C)C)c(OC)c3)CC2)cc1. The minimum Gasteiger partial charge on any atom is -0.497 e. The van der Waals surface area contributed by atoms with Gasteiger partial charge >= 0.3 is 5.97 Å². The van der Waals surface area contributed by atoms with Crippen LogP contribution in [-0.4, -0.2) is 69.9 Å². The van der Waals surface area contributed by atoms with Gasteiger partial charge in [-0.1, -0.05) is 0 Å². The number of amides is 1. The van der Waals surface area contributed by atoms with E-state index in [0.717, 1.165) is 11.4 Å². The lowest BCUT2D eigenvalue weighted by atomic mass is 10.2. The molecule has 0 aromatic heterocycles. The third-order valence-corrected chi connectivity index (χ3v) is 5.16. The second-order valence-electron chi connectivity index (χ2n) is 7.67. The number of rotatable bonds is 8. The van der Waals surface area contributed by atoms with Crippen LogP contribution in [0.1, 0.15) is 24.2 Å². The molecule has 8 nitrogen and oxygen atoms in total. The van der Waals surface area contributed by atoms with E-state index in [1.807, 2.05) is 38.1 Å². The van der Waals surface area contributed by atoms with Gasteiger partial charge in [0.05, 0.1) is 25.9 Å². The zero-order valence-electron chi connectivity index (χ0n) is 19.0. The smallest absolute Gasteiger partial charge is 0.338 e. The molecule has 0 spiro atoms. The van der Waals surface area contributed by atoms with Gasteiger partial charge in [0.15, 0.2) is 18.1 Å². The molecule has 0 bridgehead atoms. The van der Waals surface area contributed by atoms with Crippen molar-refractivity contribution < 1.29 is 28.5 Å². The number of nitrogens with zero attached hydrogens (tertiary/aromatic N) is 2. The number of methoxy groups -OCH3 is 2. The van der Waals surface area contributed by atoms with Crippen molar-refractivity contribution in [2.45, 2.75) is 20.0 Å². The Balaban J connectivity index is 1.49. The van der Waals surface area contributed by atoms with E-state index >= 15 is 0 Å². The first-order valence-electron chi connectivity index (χ1n) is 10.6. The van der Waals surface area contributed by atoms with Crippen LogP contribution < -0.4 is 19.1 Å². The minimum absolute atomic E-state index is 0.0236. The van der Waals surface area contributed by atoms with Gasteiger partial charge < -0.3 is 28.7 Å².